The van der Waals surface area contributed by atoms with Crippen molar-refractivity contribution in [2.24, 2.45) is 0 Å². The van der Waals surface area contributed by atoms with Gasteiger partial charge in [0.1, 0.15) is 0 Å². The molecule has 0 aromatic heterocycles. The lowest BCUT2D eigenvalue weighted by Crippen LogP contribution is -2.31. The Kier molecular flexibility index (Phi) is 2.54. The summed E-state index contributed by atoms with van der Waals surface area (Å²) in [4.78, 5) is 26.8. The molecule has 3 nitrogen and oxygen atoms in total. The third-order valence-corrected chi connectivity index (χ3v) is 4.07. The number of carbonyl (C=O) groups is 2. The summed E-state index contributed by atoms with van der Waals surface area (Å²) in [6, 6.07) is 17.4. The van der Waals surface area contributed by atoms with E-state index in [1.165, 1.54) is 0 Å². The minimum atomic E-state index is -0.133. The Morgan fingerprint density at radius 2 is 1.48 bits per heavy atom. The van der Waals surface area contributed by atoms with Crippen molar-refractivity contribution in [3.63, 3.8) is 0 Å². The number of Topliss-reactive ketones (excluding diaryl/α,β-unsaturated/α-hetero) is 2. The number of hydrogen-bond acceptors (Lipinski definition) is 3. The zero-order chi connectivity index (χ0) is 14.4. The van der Waals surface area contributed by atoms with Gasteiger partial charge in [0, 0.05) is 29.8 Å². The molecule has 4 rings (SSSR count). The molecule has 0 radical (unpaired) electrons. The van der Waals surface area contributed by atoms with Crippen LogP contribution >= 0.6 is 0 Å². The second kappa shape index (κ2) is 4.42. The molecule has 21 heavy (non-hydrogen) atoms. The lowest BCUT2D eigenvalue weighted by atomic mass is 9.99. The Balaban J connectivity index is 1.95. The molecule has 0 unspecified atom stereocenters. The van der Waals surface area contributed by atoms with Crippen LogP contribution in [0.2, 0.25) is 0 Å². The van der Waals surface area contributed by atoms with Gasteiger partial charge in [-0.1, -0.05) is 42.5 Å². The monoisotopic (exact) mass is 275 g/mol. The third kappa shape index (κ3) is 1.67. The number of rotatable bonds is 1. The zero-order valence-corrected chi connectivity index (χ0v) is 11.4. The van der Waals surface area contributed by atoms with E-state index in [-0.39, 0.29) is 11.6 Å². The average molecular weight is 275 g/mol. The molecule has 0 saturated carbocycles. The number of ketones is 2. The largest absolute Gasteiger partial charge is 0.340 e. The average Bonchev–Trinajstić information content (AvgIpc) is 2.84. The Morgan fingerprint density at radius 1 is 0.810 bits per heavy atom. The van der Waals surface area contributed by atoms with Gasteiger partial charge in [-0.15, -0.1) is 0 Å². The van der Waals surface area contributed by atoms with E-state index in [9.17, 15) is 9.59 Å². The van der Waals surface area contributed by atoms with Crippen molar-refractivity contribution in [1.29, 1.82) is 0 Å². The van der Waals surface area contributed by atoms with Gasteiger partial charge in [-0.05, 0) is 12.1 Å². The van der Waals surface area contributed by atoms with Gasteiger partial charge in [0.2, 0.25) is 0 Å². The summed E-state index contributed by atoms with van der Waals surface area (Å²) < 4.78 is 0. The molecule has 1 aliphatic carbocycles. The van der Waals surface area contributed by atoms with E-state index < -0.39 is 0 Å². The first-order valence-electron chi connectivity index (χ1n) is 7.01. The van der Waals surface area contributed by atoms with Crippen LogP contribution in [0.25, 0.3) is 5.70 Å². The maximum atomic E-state index is 12.5. The molecule has 102 valence electrons. The lowest BCUT2D eigenvalue weighted by Gasteiger charge is -2.30. The third-order valence-electron chi connectivity index (χ3n) is 4.07. The van der Waals surface area contributed by atoms with E-state index in [0.29, 0.717) is 24.1 Å². The summed E-state index contributed by atoms with van der Waals surface area (Å²) in [7, 11) is 0. The summed E-state index contributed by atoms with van der Waals surface area (Å²) in [5.74, 6) is -0.176. The van der Waals surface area contributed by atoms with Crippen molar-refractivity contribution in [1.82, 2.24) is 0 Å². The Labute approximate surface area is 122 Å². The summed E-state index contributed by atoms with van der Waals surface area (Å²) >= 11 is 0. The summed E-state index contributed by atoms with van der Waals surface area (Å²) in [5, 5.41) is 0. The number of fused-ring (bicyclic) bond motifs is 2. The normalized spacial score (nSPS) is 17.0. The zero-order valence-electron chi connectivity index (χ0n) is 11.4. The van der Waals surface area contributed by atoms with Crippen LogP contribution in [-0.2, 0) is 4.79 Å². The van der Waals surface area contributed by atoms with Gasteiger partial charge >= 0.3 is 0 Å². The summed E-state index contributed by atoms with van der Waals surface area (Å²) in [6.07, 6.45) is 0.382. The second-order valence-electron chi connectivity index (χ2n) is 5.26. The van der Waals surface area contributed by atoms with Crippen molar-refractivity contribution in [3.05, 3.63) is 71.3 Å². The van der Waals surface area contributed by atoms with Crippen LogP contribution in [0.3, 0.4) is 0 Å². The summed E-state index contributed by atoms with van der Waals surface area (Å²) in [5.41, 5.74) is 3.65. The first kappa shape index (κ1) is 12.1. The molecular formula is C18H13NO2. The predicted octanol–water partition coefficient (Wildman–Crippen LogP) is 3.07. The number of benzene rings is 2. The number of anilines is 1. The molecule has 0 amide bonds. The fraction of sp³-hybridized carbons (Fsp3) is 0.111. The van der Waals surface area contributed by atoms with Crippen molar-refractivity contribution in [2.75, 3.05) is 11.4 Å². The number of carbonyl (C=O) groups excluding carboxylic acids is 2. The van der Waals surface area contributed by atoms with Crippen LogP contribution in [0.5, 0.6) is 0 Å². The highest BCUT2D eigenvalue weighted by Gasteiger charge is 2.39. The molecule has 0 fully saturated rings. The standard InChI is InChI=1S/C18H13NO2/c20-15-10-11-19(12-6-2-1-3-7-12)17-13-8-4-5-9-14(13)18(21)16(15)17/h1-9H,10-11H2. The predicted molar refractivity (Wildman–Crippen MR) is 81.1 cm³/mol. The SMILES string of the molecule is O=C1CCN(c2ccccc2)C2=C1C(=O)c1ccccc12. The minimum absolute atomic E-state index is 0.0432. The topological polar surface area (TPSA) is 37.4 Å². The van der Waals surface area contributed by atoms with Crippen molar-refractivity contribution in [3.8, 4) is 0 Å². The van der Waals surface area contributed by atoms with Gasteiger partial charge in [-0.2, -0.15) is 0 Å². The Bertz CT molecular complexity index is 790. The van der Waals surface area contributed by atoms with Gasteiger partial charge in [-0.3, -0.25) is 9.59 Å². The first-order valence-corrected chi connectivity index (χ1v) is 7.01. The van der Waals surface area contributed by atoms with Crippen LogP contribution < -0.4 is 4.90 Å². The molecule has 0 N–H and O–H groups in total. The molecule has 3 heteroatoms. The summed E-state index contributed by atoms with van der Waals surface area (Å²) in [6.45, 7) is 0.614. The molecule has 0 atom stereocenters. The molecule has 2 aliphatic rings. The van der Waals surface area contributed by atoms with E-state index in [2.05, 4.69) is 4.90 Å². The molecule has 0 spiro atoms. The quantitative estimate of drug-likeness (QED) is 0.751. The maximum absolute atomic E-state index is 12.5. The highest BCUT2D eigenvalue weighted by Crippen LogP contribution is 2.40. The molecule has 1 aliphatic heterocycles. The van der Waals surface area contributed by atoms with Gasteiger partial charge < -0.3 is 4.90 Å². The Morgan fingerprint density at radius 3 is 2.24 bits per heavy atom. The smallest absolute Gasteiger partial charge is 0.199 e. The van der Waals surface area contributed by atoms with Gasteiger partial charge in [-0.25, -0.2) is 0 Å². The fourth-order valence-corrected chi connectivity index (χ4v) is 3.12. The number of nitrogens with zero attached hydrogens (tertiary/aromatic N) is 1. The number of para-hydroxylation sites is 1. The van der Waals surface area contributed by atoms with Crippen molar-refractivity contribution in [2.45, 2.75) is 6.42 Å². The van der Waals surface area contributed by atoms with Crippen LogP contribution in [0.1, 0.15) is 22.3 Å². The number of allylic oxidation sites excluding steroid dienone is 1. The van der Waals surface area contributed by atoms with Gasteiger partial charge in [0.05, 0.1) is 11.3 Å². The van der Waals surface area contributed by atoms with E-state index in [4.69, 9.17) is 0 Å². The maximum Gasteiger partial charge on any atom is 0.199 e. The fourth-order valence-electron chi connectivity index (χ4n) is 3.12. The highest BCUT2D eigenvalue weighted by molar-refractivity contribution is 6.36. The Hall–Kier alpha value is -2.68. The second-order valence-corrected chi connectivity index (χ2v) is 5.26. The van der Waals surface area contributed by atoms with Crippen LogP contribution in [0.15, 0.2) is 60.2 Å². The first-order chi connectivity index (χ1) is 10.3. The molecule has 1 heterocycles. The van der Waals surface area contributed by atoms with E-state index >= 15 is 0 Å². The van der Waals surface area contributed by atoms with E-state index in [1.54, 1.807) is 6.07 Å². The highest BCUT2D eigenvalue weighted by atomic mass is 16.1. The van der Waals surface area contributed by atoms with Crippen LogP contribution in [0.4, 0.5) is 5.69 Å². The molecule has 0 bridgehead atoms. The minimum Gasteiger partial charge on any atom is -0.340 e. The van der Waals surface area contributed by atoms with Crippen molar-refractivity contribution < 1.29 is 9.59 Å². The molecule has 0 saturated heterocycles. The van der Waals surface area contributed by atoms with E-state index in [1.807, 2.05) is 48.5 Å². The van der Waals surface area contributed by atoms with Gasteiger partial charge in [0.25, 0.3) is 0 Å². The van der Waals surface area contributed by atoms with Crippen LogP contribution in [0, 0.1) is 0 Å². The van der Waals surface area contributed by atoms with Crippen molar-refractivity contribution >= 4 is 23.0 Å². The molecule has 2 aromatic carbocycles. The number of hydrogen-bond donors (Lipinski definition) is 0. The van der Waals surface area contributed by atoms with E-state index in [0.717, 1.165) is 16.9 Å². The van der Waals surface area contributed by atoms with Gasteiger partial charge in [0.15, 0.2) is 11.6 Å². The van der Waals surface area contributed by atoms with Crippen LogP contribution in [-0.4, -0.2) is 18.1 Å². The molecular weight excluding hydrogens is 262 g/mol. The lowest BCUT2D eigenvalue weighted by molar-refractivity contribution is -0.115. The molecule has 2 aromatic rings.